The molecule has 2 aromatic carbocycles. The van der Waals surface area contributed by atoms with E-state index in [-0.39, 0.29) is 24.6 Å². The fraction of sp³-hybridized carbons (Fsp3) is 0.292. The largest absolute Gasteiger partial charge is 0.461 e. The Bertz CT molecular complexity index is 1200. The van der Waals surface area contributed by atoms with E-state index in [1.807, 2.05) is 38.1 Å². The molecular formula is C24H27ClN2O4S. The first kappa shape index (κ1) is 24.0. The minimum atomic E-state index is -3.83. The Kier molecular flexibility index (Phi) is 7.44. The maximum Gasteiger partial charge on any atom is 0.355 e. The summed E-state index contributed by atoms with van der Waals surface area (Å²) in [6.45, 7) is 7.89. The van der Waals surface area contributed by atoms with Crippen LogP contribution in [0.2, 0.25) is 5.02 Å². The Morgan fingerprint density at radius 2 is 1.62 bits per heavy atom. The predicted octanol–water partition coefficient (Wildman–Crippen LogP) is 5.16. The topological polar surface area (TPSA) is 79.5 Å². The minimum absolute atomic E-state index is 0.104. The molecule has 0 saturated heterocycles. The van der Waals surface area contributed by atoms with Gasteiger partial charge in [0.2, 0.25) is 10.0 Å². The Morgan fingerprint density at radius 1 is 1.00 bits per heavy atom. The third-order valence-corrected chi connectivity index (χ3v) is 7.40. The fourth-order valence-electron chi connectivity index (χ4n) is 3.49. The third kappa shape index (κ3) is 5.23. The van der Waals surface area contributed by atoms with Crippen LogP contribution in [0.3, 0.4) is 0 Å². The van der Waals surface area contributed by atoms with Gasteiger partial charge >= 0.3 is 5.97 Å². The van der Waals surface area contributed by atoms with Crippen molar-refractivity contribution in [1.29, 1.82) is 0 Å². The standard InChI is InChI=1S/C24H27ClN2O4S/c1-5-31-24(28)23-17(3)22(18(4)26-23)15-27(14-19-8-6-16(2)7-9-19)32(29,30)21-12-10-20(25)11-13-21/h6-13,26H,5,14-15H2,1-4H3. The van der Waals surface area contributed by atoms with Crippen LogP contribution in [0.4, 0.5) is 0 Å². The third-order valence-electron chi connectivity index (χ3n) is 5.34. The lowest BCUT2D eigenvalue weighted by atomic mass is 10.1. The second-order valence-corrected chi connectivity index (χ2v) is 10.0. The summed E-state index contributed by atoms with van der Waals surface area (Å²) in [4.78, 5) is 15.5. The predicted molar refractivity (Wildman–Crippen MR) is 125 cm³/mol. The number of hydrogen-bond donors (Lipinski definition) is 1. The molecule has 32 heavy (non-hydrogen) atoms. The van der Waals surface area contributed by atoms with Crippen molar-refractivity contribution in [2.75, 3.05) is 6.61 Å². The smallest absolute Gasteiger partial charge is 0.355 e. The van der Waals surface area contributed by atoms with Gasteiger partial charge in [0.1, 0.15) is 5.69 Å². The number of sulfonamides is 1. The number of ether oxygens (including phenoxy) is 1. The number of H-pyrrole nitrogens is 1. The normalized spacial score (nSPS) is 11.7. The maximum absolute atomic E-state index is 13.6. The number of nitrogens with one attached hydrogen (secondary N) is 1. The molecule has 0 spiro atoms. The molecule has 1 heterocycles. The van der Waals surface area contributed by atoms with Crippen LogP contribution in [0.25, 0.3) is 0 Å². The van der Waals surface area contributed by atoms with E-state index in [0.717, 1.165) is 22.4 Å². The van der Waals surface area contributed by atoms with Crippen LogP contribution in [0.5, 0.6) is 0 Å². The van der Waals surface area contributed by atoms with Crippen LogP contribution < -0.4 is 0 Å². The van der Waals surface area contributed by atoms with Gasteiger partial charge in [0.25, 0.3) is 0 Å². The van der Waals surface area contributed by atoms with Crippen LogP contribution >= 0.6 is 11.6 Å². The van der Waals surface area contributed by atoms with E-state index in [1.54, 1.807) is 26.0 Å². The number of rotatable bonds is 8. The molecule has 1 N–H and O–H groups in total. The van der Waals surface area contributed by atoms with E-state index in [0.29, 0.717) is 16.3 Å². The molecule has 6 nitrogen and oxygen atoms in total. The zero-order valence-corrected chi connectivity index (χ0v) is 20.2. The lowest BCUT2D eigenvalue weighted by Gasteiger charge is -2.23. The van der Waals surface area contributed by atoms with E-state index in [1.165, 1.54) is 16.4 Å². The van der Waals surface area contributed by atoms with Crippen molar-refractivity contribution in [2.24, 2.45) is 0 Å². The van der Waals surface area contributed by atoms with Crippen LogP contribution in [-0.4, -0.2) is 30.3 Å². The summed E-state index contributed by atoms with van der Waals surface area (Å²) in [6, 6.07) is 13.9. The van der Waals surface area contributed by atoms with Gasteiger partial charge in [-0.2, -0.15) is 4.31 Å². The molecule has 8 heteroatoms. The number of hydrogen-bond acceptors (Lipinski definition) is 4. The summed E-state index contributed by atoms with van der Waals surface area (Å²) in [5, 5.41) is 0.463. The molecular weight excluding hydrogens is 448 g/mol. The number of esters is 1. The summed E-state index contributed by atoms with van der Waals surface area (Å²) in [5.41, 5.74) is 4.46. The molecule has 1 aromatic heterocycles. The van der Waals surface area contributed by atoms with Crippen LogP contribution in [0.1, 0.15) is 45.4 Å². The molecule has 3 aromatic rings. The van der Waals surface area contributed by atoms with Crippen molar-refractivity contribution in [3.8, 4) is 0 Å². The van der Waals surface area contributed by atoms with Crippen molar-refractivity contribution in [3.05, 3.63) is 87.2 Å². The Hall–Kier alpha value is -2.61. The maximum atomic E-state index is 13.6. The van der Waals surface area contributed by atoms with E-state index in [9.17, 15) is 13.2 Å². The zero-order chi connectivity index (χ0) is 23.5. The highest BCUT2D eigenvalue weighted by Crippen LogP contribution is 2.27. The van der Waals surface area contributed by atoms with Crippen molar-refractivity contribution in [2.45, 2.75) is 45.7 Å². The van der Waals surface area contributed by atoms with Gasteiger partial charge in [-0.15, -0.1) is 0 Å². The summed E-state index contributed by atoms with van der Waals surface area (Å²) in [5.74, 6) is -0.454. The van der Waals surface area contributed by atoms with E-state index < -0.39 is 16.0 Å². The van der Waals surface area contributed by atoms with Crippen molar-refractivity contribution in [3.63, 3.8) is 0 Å². The van der Waals surface area contributed by atoms with Crippen molar-refractivity contribution >= 4 is 27.6 Å². The number of aryl methyl sites for hydroxylation is 2. The number of halogens is 1. The first-order chi connectivity index (χ1) is 15.1. The summed E-state index contributed by atoms with van der Waals surface area (Å²) >= 11 is 5.96. The van der Waals surface area contributed by atoms with Gasteiger partial charge in [0.05, 0.1) is 11.5 Å². The molecule has 0 saturated carbocycles. The number of aromatic nitrogens is 1. The number of nitrogens with zero attached hydrogens (tertiary/aromatic N) is 1. The minimum Gasteiger partial charge on any atom is -0.461 e. The summed E-state index contributed by atoms with van der Waals surface area (Å²) < 4.78 is 33.7. The van der Waals surface area contributed by atoms with Gasteiger partial charge < -0.3 is 9.72 Å². The van der Waals surface area contributed by atoms with Gasteiger partial charge in [0, 0.05) is 23.8 Å². The Balaban J connectivity index is 2.02. The highest BCUT2D eigenvalue weighted by Gasteiger charge is 2.28. The Morgan fingerprint density at radius 3 is 2.22 bits per heavy atom. The second kappa shape index (κ2) is 9.90. The highest BCUT2D eigenvalue weighted by atomic mass is 35.5. The molecule has 170 valence electrons. The van der Waals surface area contributed by atoms with Crippen molar-refractivity contribution in [1.82, 2.24) is 9.29 Å². The van der Waals surface area contributed by atoms with Gasteiger partial charge in [-0.25, -0.2) is 13.2 Å². The van der Waals surface area contributed by atoms with Crippen LogP contribution in [0.15, 0.2) is 53.4 Å². The summed E-state index contributed by atoms with van der Waals surface area (Å²) in [7, 11) is -3.83. The number of carbonyl (C=O) groups is 1. The first-order valence-corrected chi connectivity index (χ1v) is 12.1. The van der Waals surface area contributed by atoms with Crippen molar-refractivity contribution < 1.29 is 17.9 Å². The molecule has 0 bridgehead atoms. The Labute approximate surface area is 194 Å². The quantitative estimate of drug-likeness (QED) is 0.457. The number of aromatic amines is 1. The monoisotopic (exact) mass is 474 g/mol. The molecule has 3 rings (SSSR count). The van der Waals surface area contributed by atoms with Gasteiger partial charge in [0.15, 0.2) is 0 Å². The average molecular weight is 475 g/mol. The second-order valence-electron chi connectivity index (χ2n) is 7.66. The molecule has 0 amide bonds. The van der Waals surface area contributed by atoms with Gasteiger partial charge in [-0.3, -0.25) is 0 Å². The van der Waals surface area contributed by atoms with Gasteiger partial charge in [-0.05, 0) is 68.7 Å². The van der Waals surface area contributed by atoms with Gasteiger partial charge in [-0.1, -0.05) is 41.4 Å². The summed E-state index contributed by atoms with van der Waals surface area (Å²) in [6.07, 6.45) is 0. The fourth-order valence-corrected chi connectivity index (χ4v) is 5.01. The zero-order valence-electron chi connectivity index (χ0n) is 18.6. The molecule has 0 aliphatic heterocycles. The first-order valence-electron chi connectivity index (χ1n) is 10.3. The molecule has 0 unspecified atom stereocenters. The van der Waals surface area contributed by atoms with E-state index in [4.69, 9.17) is 16.3 Å². The average Bonchev–Trinajstić information content (AvgIpc) is 3.03. The lowest BCUT2D eigenvalue weighted by Crippen LogP contribution is -2.30. The van der Waals surface area contributed by atoms with Crippen LogP contribution in [-0.2, 0) is 27.8 Å². The molecule has 0 fully saturated rings. The van der Waals surface area contributed by atoms with Crippen LogP contribution in [0, 0.1) is 20.8 Å². The van der Waals surface area contributed by atoms with E-state index >= 15 is 0 Å². The molecule has 0 aliphatic rings. The van der Waals surface area contributed by atoms with E-state index in [2.05, 4.69) is 4.98 Å². The molecule has 0 radical (unpaired) electrons. The molecule has 0 atom stereocenters. The lowest BCUT2D eigenvalue weighted by molar-refractivity contribution is 0.0519. The SMILES string of the molecule is CCOC(=O)c1[nH]c(C)c(CN(Cc2ccc(C)cc2)S(=O)(=O)c2ccc(Cl)cc2)c1C. The highest BCUT2D eigenvalue weighted by molar-refractivity contribution is 7.89. The number of carbonyl (C=O) groups excluding carboxylic acids is 1. The molecule has 0 aliphatic carbocycles. The number of benzene rings is 2.